The maximum atomic E-state index is 15.2. The lowest BCUT2D eigenvalue weighted by Gasteiger charge is -2.31. The fourth-order valence-electron chi connectivity index (χ4n) is 2.61. The van der Waals surface area contributed by atoms with Gasteiger partial charge in [0.2, 0.25) is 0 Å². The molecule has 0 bridgehead atoms. The van der Waals surface area contributed by atoms with Gasteiger partial charge in [-0.05, 0) is 18.1 Å². The molecule has 1 aromatic carbocycles. The van der Waals surface area contributed by atoms with Crippen LogP contribution in [-0.2, 0) is 5.67 Å². The highest BCUT2D eigenvalue weighted by molar-refractivity contribution is 5.77. The van der Waals surface area contributed by atoms with Gasteiger partial charge in [0.15, 0.2) is 0 Å². The minimum atomic E-state index is -1.48. The SMILES string of the molecule is C=CC1=C/C(C)C(C)(F)c2ccccc2\C(N)=C\1C=C. The van der Waals surface area contributed by atoms with Gasteiger partial charge in [-0.15, -0.1) is 0 Å². The van der Waals surface area contributed by atoms with E-state index in [4.69, 9.17) is 5.73 Å². The number of hydrogen-bond donors (Lipinski definition) is 1. The number of alkyl halides is 1. The maximum Gasteiger partial charge on any atom is 0.139 e. The Hall–Kier alpha value is -2.09. The van der Waals surface area contributed by atoms with Gasteiger partial charge in [0.05, 0.1) is 0 Å². The van der Waals surface area contributed by atoms with Crippen molar-refractivity contribution in [2.24, 2.45) is 11.7 Å². The van der Waals surface area contributed by atoms with Crippen molar-refractivity contribution in [2.45, 2.75) is 19.5 Å². The molecule has 0 heterocycles. The smallest absolute Gasteiger partial charge is 0.139 e. The molecule has 20 heavy (non-hydrogen) atoms. The Bertz CT molecular complexity index is 620. The molecule has 0 aliphatic heterocycles. The normalized spacial score (nSPS) is 32.4. The Labute approximate surface area is 120 Å². The molecule has 2 unspecified atom stereocenters. The molecule has 0 radical (unpaired) electrons. The number of benzene rings is 1. The zero-order valence-corrected chi connectivity index (χ0v) is 12.0. The molecular formula is C18H20FN. The summed E-state index contributed by atoms with van der Waals surface area (Å²) in [6.45, 7) is 11.1. The molecule has 2 atom stereocenters. The van der Waals surface area contributed by atoms with E-state index in [0.29, 0.717) is 11.3 Å². The molecule has 0 saturated carbocycles. The molecule has 2 N–H and O–H groups in total. The van der Waals surface area contributed by atoms with E-state index < -0.39 is 5.67 Å². The van der Waals surface area contributed by atoms with E-state index in [0.717, 1.165) is 16.7 Å². The fraction of sp³-hybridized carbons (Fsp3) is 0.222. The summed E-state index contributed by atoms with van der Waals surface area (Å²) in [7, 11) is 0. The van der Waals surface area contributed by atoms with Gasteiger partial charge < -0.3 is 5.73 Å². The third kappa shape index (κ3) is 2.11. The summed E-state index contributed by atoms with van der Waals surface area (Å²) in [5, 5.41) is 0. The Morgan fingerprint density at radius 2 is 1.90 bits per heavy atom. The van der Waals surface area contributed by atoms with Gasteiger partial charge >= 0.3 is 0 Å². The maximum absolute atomic E-state index is 15.2. The number of nitrogens with two attached hydrogens (primary N) is 1. The fourth-order valence-corrected chi connectivity index (χ4v) is 2.61. The summed E-state index contributed by atoms with van der Waals surface area (Å²) in [6.07, 6.45) is 5.27. The van der Waals surface area contributed by atoms with Crippen molar-refractivity contribution in [1.82, 2.24) is 0 Å². The molecule has 104 valence electrons. The lowest BCUT2D eigenvalue weighted by Crippen LogP contribution is -2.27. The van der Waals surface area contributed by atoms with Gasteiger partial charge in [-0.25, -0.2) is 4.39 Å². The second kappa shape index (κ2) is 5.12. The van der Waals surface area contributed by atoms with Crippen LogP contribution in [-0.4, -0.2) is 0 Å². The average Bonchev–Trinajstić information content (AvgIpc) is 2.45. The van der Waals surface area contributed by atoms with Gasteiger partial charge in [0.25, 0.3) is 0 Å². The van der Waals surface area contributed by atoms with E-state index in [1.165, 1.54) is 0 Å². The Morgan fingerprint density at radius 3 is 2.50 bits per heavy atom. The minimum Gasteiger partial charge on any atom is -0.398 e. The van der Waals surface area contributed by atoms with Crippen LogP contribution < -0.4 is 5.73 Å². The molecule has 1 aliphatic carbocycles. The summed E-state index contributed by atoms with van der Waals surface area (Å²) in [5.74, 6) is -0.292. The van der Waals surface area contributed by atoms with Crippen LogP contribution in [0.3, 0.4) is 0 Å². The summed E-state index contributed by atoms with van der Waals surface area (Å²) in [4.78, 5) is 0. The second-order valence-corrected chi connectivity index (χ2v) is 5.27. The Kier molecular flexibility index (Phi) is 3.67. The molecule has 0 aromatic heterocycles. The first-order chi connectivity index (χ1) is 9.43. The molecule has 1 aliphatic rings. The summed E-state index contributed by atoms with van der Waals surface area (Å²) >= 11 is 0. The Morgan fingerprint density at radius 1 is 1.25 bits per heavy atom. The molecule has 1 aromatic rings. The van der Waals surface area contributed by atoms with Gasteiger partial charge in [0.1, 0.15) is 5.67 Å². The number of hydrogen-bond acceptors (Lipinski definition) is 1. The summed E-state index contributed by atoms with van der Waals surface area (Å²) in [5.41, 5.74) is 8.28. The van der Waals surface area contributed by atoms with Crippen molar-refractivity contribution >= 4 is 5.70 Å². The lowest BCUT2D eigenvalue weighted by atomic mass is 9.78. The Balaban J connectivity index is 2.87. The number of allylic oxidation sites excluding steroid dienone is 5. The van der Waals surface area contributed by atoms with E-state index in [2.05, 4.69) is 13.2 Å². The second-order valence-electron chi connectivity index (χ2n) is 5.27. The zero-order valence-electron chi connectivity index (χ0n) is 12.0. The van der Waals surface area contributed by atoms with E-state index >= 15 is 4.39 Å². The first kappa shape index (κ1) is 14.3. The van der Waals surface area contributed by atoms with Crippen LogP contribution in [0.15, 0.2) is 66.8 Å². The number of rotatable bonds is 2. The highest BCUT2D eigenvalue weighted by Gasteiger charge is 2.35. The van der Waals surface area contributed by atoms with Crippen LogP contribution >= 0.6 is 0 Å². The first-order valence-corrected chi connectivity index (χ1v) is 6.69. The molecule has 2 rings (SSSR count). The van der Waals surface area contributed by atoms with Crippen molar-refractivity contribution in [3.63, 3.8) is 0 Å². The van der Waals surface area contributed by atoms with Crippen LogP contribution in [0.25, 0.3) is 5.70 Å². The van der Waals surface area contributed by atoms with Gasteiger partial charge in [-0.3, -0.25) is 0 Å². The molecule has 0 amide bonds. The molecule has 2 heteroatoms. The van der Waals surface area contributed by atoms with E-state index in [-0.39, 0.29) is 5.92 Å². The molecule has 0 spiro atoms. The average molecular weight is 269 g/mol. The van der Waals surface area contributed by atoms with Crippen molar-refractivity contribution < 1.29 is 4.39 Å². The van der Waals surface area contributed by atoms with Crippen LogP contribution in [0.2, 0.25) is 0 Å². The highest BCUT2D eigenvalue weighted by Crippen LogP contribution is 2.41. The topological polar surface area (TPSA) is 26.0 Å². The van der Waals surface area contributed by atoms with Crippen molar-refractivity contribution in [3.8, 4) is 0 Å². The monoisotopic (exact) mass is 269 g/mol. The predicted octanol–water partition coefficient (Wildman–Crippen LogP) is 4.49. The van der Waals surface area contributed by atoms with Gasteiger partial charge in [0, 0.05) is 22.8 Å². The largest absolute Gasteiger partial charge is 0.398 e. The third-order valence-electron chi connectivity index (χ3n) is 4.05. The van der Waals surface area contributed by atoms with E-state index in [1.807, 2.05) is 31.2 Å². The molecular weight excluding hydrogens is 249 g/mol. The molecule has 0 saturated heterocycles. The van der Waals surface area contributed by atoms with Gasteiger partial charge in [-0.1, -0.05) is 62.6 Å². The number of fused-ring (bicyclic) bond motifs is 1. The standard InChI is InChI=1S/C18H20FN/c1-5-13-11-12(3)18(4,19)16-10-8-7-9-15(16)17(20)14(13)6-2/h5-12H,1-2,20H2,3-4H3/b13-11-,17-14-. The summed E-state index contributed by atoms with van der Waals surface area (Å²) in [6, 6.07) is 7.35. The van der Waals surface area contributed by atoms with E-state index in [1.54, 1.807) is 25.1 Å². The minimum absolute atomic E-state index is 0.292. The van der Waals surface area contributed by atoms with Crippen molar-refractivity contribution in [2.75, 3.05) is 0 Å². The molecule has 1 nitrogen and oxygen atoms in total. The number of halogens is 1. The highest BCUT2D eigenvalue weighted by atomic mass is 19.1. The summed E-state index contributed by atoms with van der Waals surface area (Å²) < 4.78 is 15.2. The zero-order chi connectivity index (χ0) is 14.9. The van der Waals surface area contributed by atoms with Crippen LogP contribution in [0.4, 0.5) is 4.39 Å². The van der Waals surface area contributed by atoms with E-state index in [9.17, 15) is 0 Å². The predicted molar refractivity (Wildman–Crippen MR) is 83.7 cm³/mol. The van der Waals surface area contributed by atoms with Gasteiger partial charge in [-0.2, -0.15) is 0 Å². The van der Waals surface area contributed by atoms with Crippen LogP contribution in [0, 0.1) is 5.92 Å². The van der Waals surface area contributed by atoms with Crippen LogP contribution in [0.1, 0.15) is 25.0 Å². The lowest BCUT2D eigenvalue weighted by molar-refractivity contribution is 0.139. The van der Waals surface area contributed by atoms with Crippen molar-refractivity contribution in [3.05, 3.63) is 77.9 Å². The molecule has 0 fully saturated rings. The quantitative estimate of drug-likeness (QED) is 0.841. The van der Waals surface area contributed by atoms with Crippen LogP contribution in [0.5, 0.6) is 0 Å². The third-order valence-corrected chi connectivity index (χ3v) is 4.05. The van der Waals surface area contributed by atoms with Crippen molar-refractivity contribution in [1.29, 1.82) is 0 Å². The first-order valence-electron chi connectivity index (χ1n) is 6.69.